The fraction of sp³-hybridized carbons (Fsp3) is 0.760. The van der Waals surface area contributed by atoms with Crippen molar-refractivity contribution in [3.05, 3.63) is 35.4 Å². The Morgan fingerprint density at radius 2 is 1.50 bits per heavy atom. The maximum Gasteiger partial charge on any atom is 0.0466 e. The van der Waals surface area contributed by atoms with Crippen LogP contribution in [-0.2, 0) is 11.3 Å². The molecule has 1 aromatic rings. The van der Waals surface area contributed by atoms with Gasteiger partial charge in [-0.2, -0.15) is 0 Å². The van der Waals surface area contributed by atoms with Gasteiger partial charge in [0, 0.05) is 45.9 Å². The largest absolute Gasteiger partial charge is 0.381 e. The minimum atomic E-state index is 0.736. The first-order valence-electron chi connectivity index (χ1n) is 11.9. The van der Waals surface area contributed by atoms with Crippen LogP contribution >= 0.6 is 0 Å². The molecule has 1 atom stereocenters. The Bertz CT molecular complexity index is 494. The van der Waals surface area contributed by atoms with Gasteiger partial charge in [-0.25, -0.2) is 0 Å². The van der Waals surface area contributed by atoms with Gasteiger partial charge in [0.15, 0.2) is 0 Å². The van der Waals surface area contributed by atoms with Crippen LogP contribution in [0.2, 0.25) is 0 Å². The number of hydrogen-bond donors (Lipinski definition) is 0. The number of nitrogens with zero attached hydrogens (tertiary/aromatic N) is 2. The summed E-state index contributed by atoms with van der Waals surface area (Å²) in [6.45, 7) is 15.8. The van der Waals surface area contributed by atoms with Crippen LogP contribution in [0.5, 0.6) is 0 Å². The minimum Gasteiger partial charge on any atom is -0.381 e. The van der Waals surface area contributed by atoms with E-state index < -0.39 is 0 Å². The van der Waals surface area contributed by atoms with Crippen molar-refractivity contribution in [2.24, 2.45) is 0 Å². The number of hydrogen-bond acceptors (Lipinski definition) is 3. The fourth-order valence-electron chi connectivity index (χ4n) is 4.17. The first-order valence-corrected chi connectivity index (χ1v) is 11.9. The Labute approximate surface area is 174 Å². The van der Waals surface area contributed by atoms with E-state index in [4.69, 9.17) is 4.74 Å². The lowest BCUT2D eigenvalue weighted by Gasteiger charge is -2.34. The Kier molecular flexibility index (Phi) is 11.8. The van der Waals surface area contributed by atoms with Gasteiger partial charge >= 0.3 is 0 Å². The molecule has 160 valence electrons. The summed E-state index contributed by atoms with van der Waals surface area (Å²) in [5, 5.41) is 0. The highest BCUT2D eigenvalue weighted by atomic mass is 16.5. The molecule has 1 aromatic carbocycles. The van der Waals surface area contributed by atoms with E-state index in [2.05, 4.69) is 54.8 Å². The molecule has 0 amide bonds. The maximum absolute atomic E-state index is 5.66. The maximum atomic E-state index is 5.66. The van der Waals surface area contributed by atoms with Gasteiger partial charge in [0.2, 0.25) is 0 Å². The van der Waals surface area contributed by atoms with Gasteiger partial charge in [-0.3, -0.25) is 4.90 Å². The summed E-state index contributed by atoms with van der Waals surface area (Å²) < 4.78 is 5.66. The average molecular weight is 389 g/mol. The molecular weight excluding hydrogens is 344 g/mol. The van der Waals surface area contributed by atoms with E-state index in [1.807, 2.05) is 0 Å². The molecule has 1 heterocycles. The molecule has 3 heteroatoms. The highest BCUT2D eigenvalue weighted by Crippen LogP contribution is 2.25. The lowest BCUT2D eigenvalue weighted by Crippen LogP contribution is -2.46. The van der Waals surface area contributed by atoms with Crippen molar-refractivity contribution < 1.29 is 4.74 Å². The molecule has 0 N–H and O–H groups in total. The van der Waals surface area contributed by atoms with E-state index in [1.54, 1.807) is 0 Å². The van der Waals surface area contributed by atoms with Crippen LogP contribution in [0.3, 0.4) is 0 Å². The number of benzene rings is 1. The molecule has 3 nitrogen and oxygen atoms in total. The van der Waals surface area contributed by atoms with Gasteiger partial charge in [-0.15, -0.1) is 0 Å². The topological polar surface area (TPSA) is 15.7 Å². The zero-order chi connectivity index (χ0) is 20.0. The summed E-state index contributed by atoms with van der Waals surface area (Å²) in [5.41, 5.74) is 2.99. The van der Waals surface area contributed by atoms with E-state index in [0.717, 1.165) is 25.7 Å². The Hall–Kier alpha value is -0.900. The van der Waals surface area contributed by atoms with Crippen molar-refractivity contribution in [3.8, 4) is 0 Å². The average Bonchev–Trinajstić information content (AvgIpc) is 2.73. The molecule has 1 aliphatic heterocycles. The smallest absolute Gasteiger partial charge is 0.0466 e. The van der Waals surface area contributed by atoms with Crippen LogP contribution in [0.1, 0.15) is 82.8 Å². The van der Waals surface area contributed by atoms with Crippen LogP contribution < -0.4 is 0 Å². The molecule has 1 fully saturated rings. The molecule has 1 aliphatic rings. The highest BCUT2D eigenvalue weighted by Gasteiger charge is 2.16. The summed E-state index contributed by atoms with van der Waals surface area (Å²) in [7, 11) is 0. The third-order valence-electron chi connectivity index (χ3n) is 6.11. The Morgan fingerprint density at radius 1 is 0.821 bits per heavy atom. The lowest BCUT2D eigenvalue weighted by atomic mass is 9.91. The number of ether oxygens (including phenoxy) is 1. The first-order chi connectivity index (χ1) is 13.8. The van der Waals surface area contributed by atoms with Crippen LogP contribution in [0.25, 0.3) is 0 Å². The van der Waals surface area contributed by atoms with Gasteiger partial charge in [0.25, 0.3) is 0 Å². The van der Waals surface area contributed by atoms with Gasteiger partial charge in [0.1, 0.15) is 0 Å². The summed E-state index contributed by atoms with van der Waals surface area (Å²) in [4.78, 5) is 5.24. The van der Waals surface area contributed by atoms with Gasteiger partial charge in [-0.1, -0.05) is 57.9 Å². The zero-order valence-corrected chi connectivity index (χ0v) is 18.8. The van der Waals surface area contributed by atoms with Crippen LogP contribution in [-0.4, -0.2) is 55.7 Å². The molecule has 2 rings (SSSR count). The molecule has 0 aromatic heterocycles. The molecule has 0 saturated carbocycles. The summed E-state index contributed by atoms with van der Waals surface area (Å²) in [5.74, 6) is 0.736. The van der Waals surface area contributed by atoms with E-state index >= 15 is 0 Å². The zero-order valence-electron chi connectivity index (χ0n) is 18.8. The van der Waals surface area contributed by atoms with E-state index in [9.17, 15) is 0 Å². The predicted molar refractivity (Wildman–Crippen MR) is 121 cm³/mol. The number of unbranched alkanes of at least 4 members (excludes halogenated alkanes) is 2. The second-order valence-electron chi connectivity index (χ2n) is 8.43. The highest BCUT2D eigenvalue weighted by molar-refractivity contribution is 5.25. The normalized spacial score (nSPS) is 17.1. The van der Waals surface area contributed by atoms with Crippen molar-refractivity contribution in [2.75, 3.05) is 45.9 Å². The lowest BCUT2D eigenvalue weighted by molar-refractivity contribution is 0.109. The van der Waals surface area contributed by atoms with Crippen molar-refractivity contribution in [1.29, 1.82) is 0 Å². The molecule has 0 bridgehead atoms. The Balaban J connectivity index is 1.61. The van der Waals surface area contributed by atoms with Crippen molar-refractivity contribution in [2.45, 2.75) is 78.2 Å². The van der Waals surface area contributed by atoms with Crippen LogP contribution in [0.15, 0.2) is 24.3 Å². The molecule has 1 saturated heterocycles. The van der Waals surface area contributed by atoms with E-state index in [0.29, 0.717) is 0 Å². The number of rotatable bonds is 14. The van der Waals surface area contributed by atoms with Gasteiger partial charge in [-0.05, 0) is 55.7 Å². The molecule has 0 spiro atoms. The number of piperazine rings is 1. The van der Waals surface area contributed by atoms with Crippen molar-refractivity contribution in [1.82, 2.24) is 9.80 Å². The summed E-state index contributed by atoms with van der Waals surface area (Å²) in [6.07, 6.45) is 8.73. The van der Waals surface area contributed by atoms with Gasteiger partial charge in [0.05, 0.1) is 0 Å². The van der Waals surface area contributed by atoms with Crippen LogP contribution in [0.4, 0.5) is 0 Å². The van der Waals surface area contributed by atoms with E-state index in [-0.39, 0.29) is 0 Å². The van der Waals surface area contributed by atoms with Crippen molar-refractivity contribution in [3.63, 3.8) is 0 Å². The Morgan fingerprint density at radius 3 is 2.14 bits per heavy atom. The van der Waals surface area contributed by atoms with E-state index in [1.165, 1.54) is 88.8 Å². The first kappa shape index (κ1) is 23.4. The molecule has 0 aliphatic carbocycles. The standard InChI is InChI=1S/C25H44N2O/c1-4-7-20-28-21-9-8-15-26-16-18-27(19-17-26)22-23-11-13-25(14-12-23)24(6-3)10-5-2/h11-14,24H,4-10,15-22H2,1-3H3. The molecule has 1 unspecified atom stereocenters. The minimum absolute atomic E-state index is 0.736. The second-order valence-corrected chi connectivity index (χ2v) is 8.43. The second kappa shape index (κ2) is 14.1. The van der Waals surface area contributed by atoms with Crippen LogP contribution in [0, 0.1) is 0 Å². The monoisotopic (exact) mass is 388 g/mol. The predicted octanol–water partition coefficient (Wildman–Crippen LogP) is 5.69. The van der Waals surface area contributed by atoms with Crippen molar-refractivity contribution >= 4 is 0 Å². The summed E-state index contributed by atoms with van der Waals surface area (Å²) >= 11 is 0. The summed E-state index contributed by atoms with van der Waals surface area (Å²) in [6, 6.07) is 9.47. The van der Waals surface area contributed by atoms with Gasteiger partial charge < -0.3 is 9.64 Å². The quantitative estimate of drug-likeness (QED) is 0.381. The fourth-order valence-corrected chi connectivity index (χ4v) is 4.17. The molecular formula is C25H44N2O. The molecule has 28 heavy (non-hydrogen) atoms. The third-order valence-corrected chi connectivity index (χ3v) is 6.11. The SMILES string of the molecule is CCCCOCCCCN1CCN(Cc2ccc(C(CC)CCC)cc2)CC1. The third kappa shape index (κ3) is 8.63. The molecule has 0 radical (unpaired) electrons.